The quantitative estimate of drug-likeness (QED) is 0.640. The first-order chi connectivity index (χ1) is 15.3. The molecule has 2 saturated heterocycles. The van der Waals surface area contributed by atoms with Gasteiger partial charge in [-0.2, -0.15) is 0 Å². The SMILES string of the molecule is COc1ccc(N2CCC(NC3CCN(c4nccc(-c5ccc[nH]5)n4)C3)CC2)cc1. The molecule has 2 N–H and O–H groups in total. The number of aromatic nitrogens is 3. The molecule has 4 heterocycles. The second-order valence-electron chi connectivity index (χ2n) is 8.38. The largest absolute Gasteiger partial charge is 0.497 e. The topological polar surface area (TPSA) is 69.3 Å². The van der Waals surface area contributed by atoms with E-state index in [0.717, 1.165) is 55.7 Å². The molecule has 162 valence electrons. The van der Waals surface area contributed by atoms with E-state index in [9.17, 15) is 0 Å². The molecule has 0 radical (unpaired) electrons. The van der Waals surface area contributed by atoms with Crippen LogP contribution in [0.5, 0.6) is 5.75 Å². The lowest BCUT2D eigenvalue weighted by Crippen LogP contribution is -2.47. The molecular formula is C24H30N6O. The molecule has 0 spiro atoms. The smallest absolute Gasteiger partial charge is 0.225 e. The third kappa shape index (κ3) is 4.51. The molecule has 0 amide bonds. The summed E-state index contributed by atoms with van der Waals surface area (Å²) in [5.41, 5.74) is 3.25. The van der Waals surface area contributed by atoms with Gasteiger partial charge >= 0.3 is 0 Å². The summed E-state index contributed by atoms with van der Waals surface area (Å²) < 4.78 is 5.27. The van der Waals surface area contributed by atoms with E-state index in [-0.39, 0.29) is 0 Å². The minimum Gasteiger partial charge on any atom is -0.497 e. The van der Waals surface area contributed by atoms with Gasteiger partial charge in [-0.3, -0.25) is 0 Å². The van der Waals surface area contributed by atoms with Crippen LogP contribution in [0.2, 0.25) is 0 Å². The first-order valence-corrected chi connectivity index (χ1v) is 11.2. The fourth-order valence-corrected chi connectivity index (χ4v) is 4.65. The van der Waals surface area contributed by atoms with Crippen molar-refractivity contribution in [2.45, 2.75) is 31.3 Å². The van der Waals surface area contributed by atoms with Crippen molar-refractivity contribution in [3.05, 3.63) is 54.9 Å². The second-order valence-corrected chi connectivity index (χ2v) is 8.38. The lowest BCUT2D eigenvalue weighted by molar-refractivity contribution is 0.376. The number of rotatable bonds is 6. The van der Waals surface area contributed by atoms with E-state index < -0.39 is 0 Å². The number of aromatic amines is 1. The maximum atomic E-state index is 5.27. The van der Waals surface area contributed by atoms with Crippen LogP contribution >= 0.6 is 0 Å². The van der Waals surface area contributed by atoms with Gasteiger partial charge < -0.3 is 24.8 Å². The van der Waals surface area contributed by atoms with Crippen LogP contribution < -0.4 is 19.9 Å². The summed E-state index contributed by atoms with van der Waals surface area (Å²) in [6, 6.07) is 15.5. The Labute approximate surface area is 183 Å². The highest BCUT2D eigenvalue weighted by Gasteiger charge is 2.28. The van der Waals surface area contributed by atoms with Gasteiger partial charge in [0, 0.05) is 56.3 Å². The van der Waals surface area contributed by atoms with Gasteiger partial charge in [-0.1, -0.05) is 0 Å². The van der Waals surface area contributed by atoms with Gasteiger partial charge in [0.1, 0.15) is 5.75 Å². The Morgan fingerprint density at radius 3 is 2.48 bits per heavy atom. The first kappa shape index (κ1) is 19.9. The monoisotopic (exact) mass is 418 g/mol. The van der Waals surface area contributed by atoms with Crippen molar-refractivity contribution in [3.63, 3.8) is 0 Å². The van der Waals surface area contributed by atoms with Crippen LogP contribution in [0.4, 0.5) is 11.6 Å². The van der Waals surface area contributed by atoms with Crippen molar-refractivity contribution in [1.82, 2.24) is 20.3 Å². The number of piperidine rings is 1. The molecule has 2 fully saturated rings. The molecule has 1 aromatic carbocycles. The molecule has 31 heavy (non-hydrogen) atoms. The molecule has 0 aliphatic carbocycles. The minimum absolute atomic E-state index is 0.496. The van der Waals surface area contributed by atoms with Crippen molar-refractivity contribution in [3.8, 4) is 17.1 Å². The first-order valence-electron chi connectivity index (χ1n) is 11.2. The van der Waals surface area contributed by atoms with Gasteiger partial charge in [-0.15, -0.1) is 0 Å². The molecule has 3 aromatic rings. The Hall–Kier alpha value is -3.06. The van der Waals surface area contributed by atoms with Crippen LogP contribution in [-0.4, -0.2) is 60.3 Å². The van der Waals surface area contributed by atoms with Crippen molar-refractivity contribution in [2.24, 2.45) is 0 Å². The van der Waals surface area contributed by atoms with Crippen LogP contribution in [0.15, 0.2) is 54.9 Å². The van der Waals surface area contributed by atoms with E-state index in [1.54, 1.807) is 7.11 Å². The number of hydrogen-bond donors (Lipinski definition) is 2. The third-order valence-electron chi connectivity index (χ3n) is 6.39. The summed E-state index contributed by atoms with van der Waals surface area (Å²) in [4.78, 5) is 17.3. The summed E-state index contributed by atoms with van der Waals surface area (Å²) in [6.45, 7) is 4.13. The zero-order valence-corrected chi connectivity index (χ0v) is 18.0. The Morgan fingerprint density at radius 2 is 1.74 bits per heavy atom. The molecule has 2 aliphatic rings. The fourth-order valence-electron chi connectivity index (χ4n) is 4.65. The normalized spacial score (nSPS) is 19.7. The highest BCUT2D eigenvalue weighted by molar-refractivity contribution is 5.55. The predicted molar refractivity (Wildman–Crippen MR) is 124 cm³/mol. The number of benzene rings is 1. The molecule has 7 heteroatoms. The van der Waals surface area contributed by atoms with Gasteiger partial charge in [0.2, 0.25) is 5.95 Å². The zero-order chi connectivity index (χ0) is 21.0. The maximum absolute atomic E-state index is 5.27. The zero-order valence-electron chi connectivity index (χ0n) is 18.0. The number of H-pyrrole nitrogens is 1. The average Bonchev–Trinajstić information content (AvgIpc) is 3.53. The van der Waals surface area contributed by atoms with E-state index in [1.807, 2.05) is 42.7 Å². The molecule has 2 aliphatic heterocycles. The van der Waals surface area contributed by atoms with Crippen molar-refractivity contribution < 1.29 is 4.74 Å². The maximum Gasteiger partial charge on any atom is 0.225 e. The molecule has 1 atom stereocenters. The number of ether oxygens (including phenoxy) is 1. The lowest BCUT2D eigenvalue weighted by Gasteiger charge is -2.35. The van der Waals surface area contributed by atoms with E-state index in [2.05, 4.69) is 37.2 Å². The van der Waals surface area contributed by atoms with Crippen LogP contribution in [-0.2, 0) is 0 Å². The van der Waals surface area contributed by atoms with Crippen LogP contribution in [0.3, 0.4) is 0 Å². The number of hydrogen-bond acceptors (Lipinski definition) is 6. The number of nitrogens with one attached hydrogen (secondary N) is 2. The second kappa shape index (κ2) is 8.98. The van der Waals surface area contributed by atoms with E-state index in [4.69, 9.17) is 9.72 Å². The van der Waals surface area contributed by atoms with Crippen molar-refractivity contribution in [1.29, 1.82) is 0 Å². The summed E-state index contributed by atoms with van der Waals surface area (Å²) in [7, 11) is 1.71. The van der Waals surface area contributed by atoms with E-state index in [1.165, 1.54) is 18.5 Å². The lowest BCUT2D eigenvalue weighted by atomic mass is 10.0. The Bertz CT molecular complexity index is 966. The number of anilines is 2. The van der Waals surface area contributed by atoms with Gasteiger partial charge in [0.05, 0.1) is 18.5 Å². The van der Waals surface area contributed by atoms with Gasteiger partial charge in [-0.25, -0.2) is 9.97 Å². The summed E-state index contributed by atoms with van der Waals surface area (Å²) in [5, 5.41) is 3.90. The van der Waals surface area contributed by atoms with E-state index >= 15 is 0 Å². The Balaban J connectivity index is 1.13. The van der Waals surface area contributed by atoms with E-state index in [0.29, 0.717) is 12.1 Å². The number of nitrogens with zero attached hydrogens (tertiary/aromatic N) is 4. The fraction of sp³-hybridized carbons (Fsp3) is 0.417. The van der Waals surface area contributed by atoms with Gasteiger partial charge in [0.15, 0.2) is 0 Å². The molecule has 7 nitrogen and oxygen atoms in total. The van der Waals surface area contributed by atoms with Crippen molar-refractivity contribution in [2.75, 3.05) is 43.1 Å². The minimum atomic E-state index is 0.496. The van der Waals surface area contributed by atoms with Crippen LogP contribution in [0, 0.1) is 0 Å². The highest BCUT2D eigenvalue weighted by atomic mass is 16.5. The Kier molecular flexibility index (Phi) is 5.76. The third-order valence-corrected chi connectivity index (χ3v) is 6.39. The summed E-state index contributed by atoms with van der Waals surface area (Å²) >= 11 is 0. The standard InChI is InChI=1S/C24H30N6O/c1-31-21-6-4-20(5-7-21)29-14-9-18(10-15-29)27-19-11-16-30(17-19)24-26-13-8-23(28-24)22-3-2-12-25-22/h2-8,12-13,18-19,25,27H,9-11,14-17H2,1H3. The molecule has 5 rings (SSSR count). The molecule has 2 aromatic heterocycles. The van der Waals surface area contributed by atoms with Crippen LogP contribution in [0.25, 0.3) is 11.4 Å². The predicted octanol–water partition coefficient (Wildman–Crippen LogP) is 3.32. The molecule has 0 saturated carbocycles. The van der Waals surface area contributed by atoms with Crippen LogP contribution in [0.1, 0.15) is 19.3 Å². The summed E-state index contributed by atoms with van der Waals surface area (Å²) in [6.07, 6.45) is 7.25. The molecule has 0 bridgehead atoms. The average molecular weight is 419 g/mol. The van der Waals surface area contributed by atoms with Gasteiger partial charge in [-0.05, 0) is 61.7 Å². The number of methoxy groups -OCH3 is 1. The molecule has 1 unspecified atom stereocenters. The highest BCUT2D eigenvalue weighted by Crippen LogP contribution is 2.24. The summed E-state index contributed by atoms with van der Waals surface area (Å²) in [5.74, 6) is 1.74. The molecular weight excluding hydrogens is 388 g/mol. The Morgan fingerprint density at radius 1 is 0.968 bits per heavy atom. The van der Waals surface area contributed by atoms with Crippen molar-refractivity contribution >= 4 is 11.6 Å². The van der Waals surface area contributed by atoms with Gasteiger partial charge in [0.25, 0.3) is 0 Å².